The van der Waals surface area contributed by atoms with E-state index < -0.39 is 72.7 Å². The van der Waals surface area contributed by atoms with Gasteiger partial charge < -0.3 is 41.9 Å². The van der Waals surface area contributed by atoms with Gasteiger partial charge in [-0.15, -0.1) is 0 Å². The van der Waals surface area contributed by atoms with Gasteiger partial charge in [0, 0.05) is 13.0 Å². The molecule has 2 rings (SSSR count). The van der Waals surface area contributed by atoms with Crippen LogP contribution in [0.2, 0.25) is 0 Å². The molecule has 1 saturated heterocycles. The highest BCUT2D eigenvalue weighted by molar-refractivity contribution is 5.94. The first-order valence-corrected chi connectivity index (χ1v) is 13.4. The van der Waals surface area contributed by atoms with Gasteiger partial charge in [0.2, 0.25) is 23.6 Å². The van der Waals surface area contributed by atoms with E-state index in [1.54, 1.807) is 12.1 Å². The van der Waals surface area contributed by atoms with Crippen molar-refractivity contribution in [3.63, 3.8) is 0 Å². The van der Waals surface area contributed by atoms with E-state index in [1.807, 2.05) is 13.8 Å². The van der Waals surface area contributed by atoms with E-state index in [1.165, 1.54) is 17.0 Å². The van der Waals surface area contributed by atoms with Crippen LogP contribution in [0.5, 0.6) is 5.75 Å². The molecule has 0 bridgehead atoms. The maximum Gasteiger partial charge on any atom is 0.326 e. The van der Waals surface area contributed by atoms with Gasteiger partial charge in [0.1, 0.15) is 23.9 Å². The molecule has 0 aromatic heterocycles. The number of hydrogen-bond acceptors (Lipinski definition) is 8. The summed E-state index contributed by atoms with van der Waals surface area (Å²) < 4.78 is 0. The highest BCUT2D eigenvalue weighted by atomic mass is 16.4. The van der Waals surface area contributed by atoms with Gasteiger partial charge in [0.25, 0.3) is 0 Å². The van der Waals surface area contributed by atoms with E-state index in [0.717, 1.165) is 5.56 Å². The number of rotatable bonds is 15. The monoisotopic (exact) mass is 577 g/mol. The molecule has 1 heterocycles. The maximum atomic E-state index is 13.2. The summed E-state index contributed by atoms with van der Waals surface area (Å²) in [4.78, 5) is 74.9. The van der Waals surface area contributed by atoms with Gasteiger partial charge in [-0.2, -0.15) is 0 Å². The number of benzene rings is 1. The fourth-order valence-electron chi connectivity index (χ4n) is 4.52. The average molecular weight is 578 g/mol. The second kappa shape index (κ2) is 15.6. The smallest absolute Gasteiger partial charge is 0.326 e. The highest BCUT2D eigenvalue weighted by Gasteiger charge is 2.37. The summed E-state index contributed by atoms with van der Waals surface area (Å²) in [6, 6.07) is 2.09. The molecule has 14 nitrogen and oxygen atoms in total. The Bertz CT molecular complexity index is 1110. The van der Waals surface area contributed by atoms with Crippen molar-refractivity contribution in [1.82, 2.24) is 20.9 Å². The summed E-state index contributed by atoms with van der Waals surface area (Å²) in [6.45, 7) is 3.42. The Morgan fingerprint density at radius 2 is 1.68 bits per heavy atom. The Morgan fingerprint density at radius 1 is 1.02 bits per heavy atom. The first-order chi connectivity index (χ1) is 19.3. The van der Waals surface area contributed by atoms with E-state index in [-0.39, 0.29) is 30.9 Å². The van der Waals surface area contributed by atoms with Crippen LogP contribution in [0.25, 0.3) is 0 Å². The summed E-state index contributed by atoms with van der Waals surface area (Å²) in [5, 5.41) is 34.6. The molecule has 1 fully saturated rings. The Hall–Kier alpha value is -4.20. The molecule has 0 unspecified atom stereocenters. The van der Waals surface area contributed by atoms with Crippen LogP contribution in [0.3, 0.4) is 0 Å². The van der Waals surface area contributed by atoms with Crippen LogP contribution in [-0.4, -0.2) is 93.0 Å². The number of hydrogen-bond donors (Lipinski definition) is 7. The van der Waals surface area contributed by atoms with Gasteiger partial charge in [0.05, 0.1) is 12.6 Å². The van der Waals surface area contributed by atoms with Crippen LogP contribution >= 0.6 is 0 Å². The largest absolute Gasteiger partial charge is 0.508 e. The summed E-state index contributed by atoms with van der Waals surface area (Å²) in [5.41, 5.74) is 6.89. The van der Waals surface area contributed by atoms with Gasteiger partial charge in [0.15, 0.2) is 0 Å². The zero-order valence-corrected chi connectivity index (χ0v) is 23.2. The Balaban J connectivity index is 1.98. The minimum atomic E-state index is -1.44. The fourth-order valence-corrected chi connectivity index (χ4v) is 4.52. The molecule has 14 heteroatoms. The summed E-state index contributed by atoms with van der Waals surface area (Å²) in [6.07, 6.45) is 0.610. The quantitative estimate of drug-likeness (QED) is 0.139. The number of carboxylic acids is 2. The van der Waals surface area contributed by atoms with Crippen molar-refractivity contribution in [2.45, 2.75) is 76.5 Å². The lowest BCUT2D eigenvalue weighted by molar-refractivity contribution is -0.143. The van der Waals surface area contributed by atoms with Gasteiger partial charge >= 0.3 is 11.9 Å². The molecule has 1 aromatic rings. The lowest BCUT2D eigenvalue weighted by Crippen LogP contribution is -2.56. The molecule has 0 radical (unpaired) electrons. The first kappa shape index (κ1) is 33.0. The molecule has 226 valence electrons. The number of amides is 4. The second-order valence-electron chi connectivity index (χ2n) is 10.5. The Morgan fingerprint density at radius 3 is 2.27 bits per heavy atom. The predicted molar refractivity (Wildman–Crippen MR) is 145 cm³/mol. The maximum absolute atomic E-state index is 13.2. The fraction of sp³-hybridized carbons (Fsp3) is 0.556. The van der Waals surface area contributed by atoms with E-state index in [0.29, 0.717) is 19.4 Å². The van der Waals surface area contributed by atoms with Crippen LogP contribution in [0, 0.1) is 5.92 Å². The van der Waals surface area contributed by atoms with E-state index in [4.69, 9.17) is 10.8 Å². The molecule has 41 heavy (non-hydrogen) atoms. The number of phenols is 1. The summed E-state index contributed by atoms with van der Waals surface area (Å²) in [7, 11) is 0. The molecule has 1 aliphatic rings. The number of phenolic OH excluding ortho intramolecular Hbond substituents is 1. The number of nitrogens with one attached hydrogen (secondary N) is 3. The van der Waals surface area contributed by atoms with Crippen LogP contribution in [-0.2, 0) is 35.2 Å². The number of nitrogens with zero attached hydrogens (tertiary/aromatic N) is 1. The Kier molecular flexibility index (Phi) is 12.5. The van der Waals surface area contributed by atoms with Crippen LogP contribution < -0.4 is 21.7 Å². The van der Waals surface area contributed by atoms with Gasteiger partial charge in [-0.25, -0.2) is 4.79 Å². The van der Waals surface area contributed by atoms with Gasteiger partial charge in [-0.1, -0.05) is 26.0 Å². The number of carboxylic acid groups (broad SMARTS) is 2. The molecular weight excluding hydrogens is 538 g/mol. The molecule has 8 N–H and O–H groups in total. The van der Waals surface area contributed by atoms with Crippen molar-refractivity contribution in [3.8, 4) is 5.75 Å². The summed E-state index contributed by atoms with van der Waals surface area (Å²) >= 11 is 0. The third-order valence-corrected chi connectivity index (χ3v) is 6.59. The molecular formula is C27H39N5O9. The van der Waals surface area contributed by atoms with Crippen LogP contribution in [0.15, 0.2) is 24.3 Å². The zero-order valence-electron chi connectivity index (χ0n) is 23.2. The molecule has 0 aliphatic carbocycles. The zero-order chi connectivity index (χ0) is 30.7. The van der Waals surface area contributed by atoms with Crippen molar-refractivity contribution in [1.29, 1.82) is 0 Å². The van der Waals surface area contributed by atoms with Crippen molar-refractivity contribution in [2.75, 3.05) is 13.1 Å². The van der Waals surface area contributed by atoms with E-state index in [9.17, 15) is 39.0 Å². The molecule has 4 atom stereocenters. The minimum Gasteiger partial charge on any atom is -0.508 e. The minimum absolute atomic E-state index is 0.0210. The molecule has 1 aromatic carbocycles. The molecule has 0 spiro atoms. The molecule has 4 amide bonds. The SMILES string of the molecule is CC(C)C[C@H](NC(=O)[C@@H]1CCCN1C(=O)[C@@H](N)Cc1ccc(O)cc1)C(=O)NCC(=O)N[C@@H](CCC(=O)O)C(=O)O. The van der Waals surface area contributed by atoms with Crippen LogP contribution in [0.4, 0.5) is 0 Å². The topological polar surface area (TPSA) is 228 Å². The van der Waals surface area contributed by atoms with Crippen LogP contribution in [0.1, 0.15) is 51.5 Å². The predicted octanol–water partition coefficient (Wildman–Crippen LogP) is -0.666. The average Bonchev–Trinajstić information content (AvgIpc) is 3.39. The number of likely N-dealkylation sites (tertiary alicyclic amines) is 1. The Labute approximate surface area is 237 Å². The van der Waals surface area contributed by atoms with E-state index >= 15 is 0 Å². The summed E-state index contributed by atoms with van der Waals surface area (Å²) in [5.74, 6) is -4.99. The standard InChI is InChI=1S/C27H39N5O9/c1-15(2)12-20(24(37)29-14-22(34)30-19(27(40)41)9-10-23(35)36)31-25(38)21-4-3-11-32(21)26(39)18(28)13-16-5-7-17(33)8-6-16/h5-8,15,18-21,33H,3-4,9-14,28H2,1-2H3,(H,29,37)(H,30,34)(H,31,38)(H,35,36)(H,40,41)/t18-,19-,20-,21-/m0/s1. The number of aromatic hydroxyl groups is 1. The molecule has 0 saturated carbocycles. The van der Waals surface area contributed by atoms with Crippen molar-refractivity contribution in [2.24, 2.45) is 11.7 Å². The van der Waals surface area contributed by atoms with Gasteiger partial charge in [-0.05, 0) is 55.7 Å². The van der Waals surface area contributed by atoms with Gasteiger partial charge in [-0.3, -0.25) is 24.0 Å². The first-order valence-electron chi connectivity index (χ1n) is 13.4. The lowest BCUT2D eigenvalue weighted by Gasteiger charge is -2.28. The molecule has 1 aliphatic heterocycles. The highest BCUT2D eigenvalue weighted by Crippen LogP contribution is 2.20. The van der Waals surface area contributed by atoms with Crippen molar-refractivity contribution in [3.05, 3.63) is 29.8 Å². The third kappa shape index (κ3) is 10.7. The second-order valence-corrected chi connectivity index (χ2v) is 10.5. The number of carbonyl (C=O) groups is 6. The lowest BCUT2D eigenvalue weighted by atomic mass is 10.0. The number of carbonyl (C=O) groups excluding carboxylic acids is 4. The normalized spacial score (nSPS) is 16.9. The number of aliphatic carboxylic acids is 2. The van der Waals surface area contributed by atoms with Crippen molar-refractivity contribution >= 4 is 35.6 Å². The third-order valence-electron chi connectivity index (χ3n) is 6.59. The number of nitrogens with two attached hydrogens (primary N) is 1. The van der Waals surface area contributed by atoms with E-state index in [2.05, 4.69) is 16.0 Å². The van der Waals surface area contributed by atoms with Crippen molar-refractivity contribution < 1.29 is 44.1 Å².